The Balaban J connectivity index is 0.00000121. The van der Waals surface area contributed by atoms with Gasteiger partial charge in [0.05, 0.1) is 0 Å². The summed E-state index contributed by atoms with van der Waals surface area (Å²) in [6.45, 7) is 0. The van der Waals surface area contributed by atoms with Gasteiger partial charge in [0.1, 0.15) is 22.4 Å². The molecule has 0 saturated heterocycles. The summed E-state index contributed by atoms with van der Waals surface area (Å²) < 4.78 is 0.852. The Morgan fingerprint density at radius 3 is 1.92 bits per heavy atom. The molecule has 12 heavy (non-hydrogen) atoms. The highest BCUT2D eigenvalue weighted by molar-refractivity contribution is 9.10. The first-order valence-electron chi connectivity index (χ1n) is 3.15. The third kappa shape index (κ3) is 2.31. The average molecular weight is 298 g/mol. The van der Waals surface area contributed by atoms with Crippen molar-refractivity contribution in [1.82, 2.24) is 9.97 Å². The maximum atomic E-state index is 4.00. The second kappa shape index (κ2) is 5.31. The quantitative estimate of drug-likeness (QED) is 0.875. The van der Waals surface area contributed by atoms with Crippen molar-refractivity contribution >= 4 is 44.5 Å². The van der Waals surface area contributed by atoms with Crippen molar-refractivity contribution < 1.29 is 0 Å². The smallest absolute Gasteiger partial charge is 0.145 e. The summed E-state index contributed by atoms with van der Waals surface area (Å²) in [6.07, 6.45) is 1.50. The van der Waals surface area contributed by atoms with Crippen molar-refractivity contribution in [3.8, 4) is 0 Å². The second-order valence-electron chi connectivity index (χ2n) is 1.88. The van der Waals surface area contributed by atoms with E-state index in [1.807, 2.05) is 14.1 Å². The normalized spacial score (nSPS) is 8.58. The zero-order valence-electron chi connectivity index (χ0n) is 6.76. The topological polar surface area (TPSA) is 49.8 Å². The van der Waals surface area contributed by atoms with Crippen LogP contribution in [0.15, 0.2) is 10.8 Å². The molecule has 0 atom stereocenters. The molecule has 1 aromatic heterocycles. The first-order chi connectivity index (χ1) is 5.29. The predicted molar refractivity (Wildman–Crippen MR) is 59.1 cm³/mol. The highest BCUT2D eigenvalue weighted by Crippen LogP contribution is 2.25. The Labute approximate surface area is 90.1 Å². The minimum absolute atomic E-state index is 0. The molecule has 0 amide bonds. The van der Waals surface area contributed by atoms with Crippen LogP contribution in [0.5, 0.6) is 0 Å². The van der Waals surface area contributed by atoms with Crippen LogP contribution < -0.4 is 10.6 Å². The van der Waals surface area contributed by atoms with E-state index in [1.165, 1.54) is 6.33 Å². The maximum absolute atomic E-state index is 4.00. The van der Waals surface area contributed by atoms with Gasteiger partial charge in [-0.05, 0) is 15.9 Å². The van der Waals surface area contributed by atoms with Gasteiger partial charge in [-0.25, -0.2) is 9.97 Å². The van der Waals surface area contributed by atoms with Crippen LogP contribution in [0, 0.1) is 0 Å². The molecule has 6 heteroatoms. The van der Waals surface area contributed by atoms with Gasteiger partial charge in [0, 0.05) is 14.1 Å². The van der Waals surface area contributed by atoms with Crippen LogP contribution in [-0.2, 0) is 0 Å². The first kappa shape index (κ1) is 11.6. The Morgan fingerprint density at radius 1 is 1.17 bits per heavy atom. The first-order valence-corrected chi connectivity index (χ1v) is 3.95. The molecule has 4 nitrogen and oxygen atoms in total. The number of nitrogens with one attached hydrogen (secondary N) is 2. The van der Waals surface area contributed by atoms with Crippen molar-refractivity contribution in [2.45, 2.75) is 0 Å². The van der Waals surface area contributed by atoms with Crippen LogP contribution in [-0.4, -0.2) is 24.1 Å². The molecule has 1 heterocycles. The Hall–Kier alpha value is -0.360. The monoisotopic (exact) mass is 296 g/mol. The molecule has 0 aliphatic carbocycles. The number of hydrogen-bond acceptors (Lipinski definition) is 4. The fourth-order valence-electron chi connectivity index (χ4n) is 0.718. The van der Waals surface area contributed by atoms with E-state index < -0.39 is 0 Å². The molecular weight excluding hydrogens is 288 g/mol. The highest BCUT2D eigenvalue weighted by atomic mass is 79.9. The molecule has 0 aliphatic rings. The largest absolute Gasteiger partial charge is 0.372 e. The second-order valence-corrected chi connectivity index (χ2v) is 2.68. The lowest BCUT2D eigenvalue weighted by atomic mass is 10.5. The summed E-state index contributed by atoms with van der Waals surface area (Å²) in [4.78, 5) is 7.99. The van der Waals surface area contributed by atoms with E-state index in [9.17, 15) is 0 Å². The number of hydrogen-bond donors (Lipinski definition) is 2. The summed E-state index contributed by atoms with van der Waals surface area (Å²) >= 11 is 3.35. The van der Waals surface area contributed by atoms with Crippen molar-refractivity contribution in [2.24, 2.45) is 0 Å². The lowest BCUT2D eigenvalue weighted by Gasteiger charge is -2.05. The fraction of sp³-hybridized carbons (Fsp3) is 0.333. The van der Waals surface area contributed by atoms with Gasteiger partial charge >= 0.3 is 0 Å². The summed E-state index contributed by atoms with van der Waals surface area (Å²) in [7, 11) is 3.62. The number of halogens is 2. The van der Waals surface area contributed by atoms with E-state index in [-0.39, 0.29) is 17.0 Å². The van der Waals surface area contributed by atoms with Crippen LogP contribution in [0.3, 0.4) is 0 Å². The van der Waals surface area contributed by atoms with Gasteiger partial charge < -0.3 is 10.6 Å². The van der Waals surface area contributed by atoms with Gasteiger partial charge in [0.25, 0.3) is 0 Å². The number of aromatic nitrogens is 2. The molecule has 1 rings (SSSR count). The fourth-order valence-corrected chi connectivity index (χ4v) is 1.32. The Morgan fingerprint density at radius 2 is 1.58 bits per heavy atom. The van der Waals surface area contributed by atoms with Gasteiger partial charge in [-0.2, -0.15) is 0 Å². The molecule has 0 bridgehead atoms. The van der Waals surface area contributed by atoms with Gasteiger partial charge in [-0.1, -0.05) is 0 Å². The third-order valence-electron chi connectivity index (χ3n) is 1.26. The Kier molecular flexibility index (Phi) is 5.16. The van der Waals surface area contributed by atoms with E-state index in [4.69, 9.17) is 0 Å². The van der Waals surface area contributed by atoms with Gasteiger partial charge in [-0.15, -0.1) is 17.0 Å². The van der Waals surface area contributed by atoms with Gasteiger partial charge in [0.2, 0.25) is 0 Å². The van der Waals surface area contributed by atoms with Crippen LogP contribution in [0.4, 0.5) is 11.6 Å². The van der Waals surface area contributed by atoms with E-state index in [1.54, 1.807) is 0 Å². The third-order valence-corrected chi connectivity index (χ3v) is 2.01. The molecule has 0 unspecified atom stereocenters. The summed E-state index contributed by atoms with van der Waals surface area (Å²) in [5, 5.41) is 5.86. The van der Waals surface area contributed by atoms with Crippen LogP contribution in [0.25, 0.3) is 0 Å². The average Bonchev–Trinajstić information content (AvgIpc) is 2.05. The molecule has 2 N–H and O–H groups in total. The molecule has 0 spiro atoms. The number of rotatable bonds is 2. The molecule has 1 aromatic rings. The zero-order chi connectivity index (χ0) is 8.27. The van der Waals surface area contributed by atoms with Crippen LogP contribution in [0.1, 0.15) is 0 Å². The molecular formula is C6H10Br2N4. The Bertz CT molecular complexity index is 231. The minimum Gasteiger partial charge on any atom is -0.372 e. The zero-order valence-corrected chi connectivity index (χ0v) is 10.1. The molecule has 0 fully saturated rings. The molecule has 68 valence electrons. The summed E-state index contributed by atoms with van der Waals surface area (Å²) in [6, 6.07) is 0. The number of nitrogens with zero attached hydrogens (tertiary/aromatic N) is 2. The maximum Gasteiger partial charge on any atom is 0.145 e. The standard InChI is InChI=1S/C6H9BrN4.BrH/c1-8-5-4(7)6(9-2)11-3-10-5;/h3H,1-2H3,(H2,8,9,10,11);1H. The van der Waals surface area contributed by atoms with Crippen molar-refractivity contribution in [3.63, 3.8) is 0 Å². The van der Waals surface area contributed by atoms with Crippen molar-refractivity contribution in [3.05, 3.63) is 10.8 Å². The van der Waals surface area contributed by atoms with E-state index in [2.05, 4.69) is 36.5 Å². The lowest BCUT2D eigenvalue weighted by molar-refractivity contribution is 1.14. The van der Waals surface area contributed by atoms with Crippen molar-refractivity contribution in [2.75, 3.05) is 24.7 Å². The van der Waals surface area contributed by atoms with E-state index in [0.717, 1.165) is 16.1 Å². The van der Waals surface area contributed by atoms with Crippen LogP contribution in [0.2, 0.25) is 0 Å². The SMILES string of the molecule is Br.CNc1ncnc(NC)c1Br. The van der Waals surface area contributed by atoms with Gasteiger partial charge in [0.15, 0.2) is 0 Å². The van der Waals surface area contributed by atoms with Gasteiger partial charge in [-0.3, -0.25) is 0 Å². The highest BCUT2D eigenvalue weighted by Gasteiger charge is 2.03. The molecule has 0 aromatic carbocycles. The number of anilines is 2. The predicted octanol–water partition coefficient (Wildman–Crippen LogP) is 1.90. The lowest BCUT2D eigenvalue weighted by Crippen LogP contribution is -1.99. The summed E-state index contributed by atoms with van der Waals surface area (Å²) in [5.41, 5.74) is 0. The van der Waals surface area contributed by atoms with Crippen molar-refractivity contribution in [1.29, 1.82) is 0 Å². The summed E-state index contributed by atoms with van der Waals surface area (Å²) in [5.74, 6) is 1.56. The molecule has 0 aliphatic heterocycles. The molecule has 0 radical (unpaired) electrons. The molecule has 0 saturated carbocycles. The van der Waals surface area contributed by atoms with Crippen LogP contribution >= 0.6 is 32.9 Å². The van der Waals surface area contributed by atoms with E-state index in [0.29, 0.717) is 0 Å². The minimum atomic E-state index is 0. The van der Waals surface area contributed by atoms with E-state index >= 15 is 0 Å².